The van der Waals surface area contributed by atoms with Gasteiger partial charge in [-0.05, 0) is 113 Å². The number of amides is 1. The molecule has 280 valence electrons. The van der Waals surface area contributed by atoms with Gasteiger partial charge in [-0.2, -0.15) is 0 Å². The second kappa shape index (κ2) is 19.5. The summed E-state index contributed by atoms with van der Waals surface area (Å²) in [5.41, 5.74) is 0.973. The van der Waals surface area contributed by atoms with E-state index in [4.69, 9.17) is 18.9 Å². The van der Waals surface area contributed by atoms with Gasteiger partial charge in [-0.1, -0.05) is 97.8 Å². The van der Waals surface area contributed by atoms with Crippen molar-refractivity contribution in [3.8, 4) is 0 Å². The molecular formula is C44H57NO7. The van der Waals surface area contributed by atoms with E-state index in [1.54, 1.807) is 41.5 Å². The van der Waals surface area contributed by atoms with Crippen LogP contribution in [0, 0.1) is 0 Å². The Morgan fingerprint density at radius 2 is 1.10 bits per heavy atom. The zero-order chi connectivity index (χ0) is 37.6. The zero-order valence-electron chi connectivity index (χ0n) is 31.9. The van der Waals surface area contributed by atoms with Crippen LogP contribution in [0.5, 0.6) is 0 Å². The number of rotatable bonds is 19. The van der Waals surface area contributed by atoms with Crippen LogP contribution in [0.25, 0.3) is 21.5 Å². The number of carbonyl (C=O) groups excluding carboxylic acids is 3. The Balaban J connectivity index is 1.33. The minimum absolute atomic E-state index is 0.233. The van der Waals surface area contributed by atoms with Crippen LogP contribution in [-0.4, -0.2) is 61.0 Å². The van der Waals surface area contributed by atoms with Gasteiger partial charge in [0.1, 0.15) is 17.8 Å². The van der Waals surface area contributed by atoms with E-state index >= 15 is 0 Å². The molecule has 4 rings (SSSR count). The Kier molecular flexibility index (Phi) is 15.2. The number of esters is 2. The predicted molar refractivity (Wildman–Crippen MR) is 207 cm³/mol. The van der Waals surface area contributed by atoms with Gasteiger partial charge in [0.25, 0.3) is 5.91 Å². The van der Waals surface area contributed by atoms with Crippen LogP contribution in [0.15, 0.2) is 84.9 Å². The lowest BCUT2D eigenvalue weighted by Gasteiger charge is -2.29. The van der Waals surface area contributed by atoms with Gasteiger partial charge in [-0.15, -0.1) is 0 Å². The summed E-state index contributed by atoms with van der Waals surface area (Å²) >= 11 is 0. The van der Waals surface area contributed by atoms with E-state index in [9.17, 15) is 14.4 Å². The standard InChI is InChI=1S/C44H57NO7/c1-43(2,3)51-38(46)31-50-40(42(48)52-44(4,5)6)39(49-28-16-8-10-18-33-24-26-35-20-12-14-22-37(35)30-33)41(47)45-27-15-7-9-17-32-23-25-34-19-11-13-21-36(34)29-32/h11-14,19-26,29-30,39-40H,7-10,15-18,27-28,31H2,1-6H3,(H,45,47)/t39-,40-/m1/s1. The first kappa shape index (κ1) is 40.5. The molecule has 1 amide bonds. The molecular weight excluding hydrogens is 654 g/mol. The third kappa shape index (κ3) is 14.0. The SMILES string of the molecule is CC(C)(C)OC(=O)CO[C@@H](C(=O)OC(C)(C)C)[C@@H](OCCCCCc1ccc2ccccc2c1)C(=O)NCCCCCc1ccc2ccccc2c1. The Bertz CT molecular complexity index is 1750. The molecule has 0 aliphatic rings. The number of ether oxygens (including phenoxy) is 4. The van der Waals surface area contributed by atoms with Gasteiger partial charge in [0, 0.05) is 13.2 Å². The molecule has 0 aliphatic carbocycles. The van der Waals surface area contributed by atoms with Gasteiger partial charge >= 0.3 is 11.9 Å². The van der Waals surface area contributed by atoms with E-state index in [0.717, 1.165) is 44.9 Å². The average Bonchev–Trinajstić information content (AvgIpc) is 3.08. The van der Waals surface area contributed by atoms with Crippen LogP contribution >= 0.6 is 0 Å². The monoisotopic (exact) mass is 711 g/mol. The Morgan fingerprint density at radius 1 is 0.577 bits per heavy atom. The summed E-state index contributed by atoms with van der Waals surface area (Å²) in [6, 6.07) is 29.7. The molecule has 0 saturated carbocycles. The van der Waals surface area contributed by atoms with Crippen molar-refractivity contribution in [1.82, 2.24) is 5.32 Å². The molecule has 1 N–H and O–H groups in total. The zero-order valence-corrected chi connectivity index (χ0v) is 31.9. The number of nitrogens with one attached hydrogen (secondary N) is 1. The molecule has 0 fully saturated rings. The third-order valence-electron chi connectivity index (χ3n) is 8.45. The van der Waals surface area contributed by atoms with Gasteiger partial charge < -0.3 is 24.3 Å². The maximum Gasteiger partial charge on any atom is 0.339 e. The first-order valence-corrected chi connectivity index (χ1v) is 18.7. The summed E-state index contributed by atoms with van der Waals surface area (Å²) in [6.07, 6.45) is 4.26. The molecule has 8 heteroatoms. The summed E-state index contributed by atoms with van der Waals surface area (Å²) in [5.74, 6) is -1.91. The Hall–Kier alpha value is -4.27. The molecule has 0 aliphatic heterocycles. The first-order valence-electron chi connectivity index (χ1n) is 18.7. The minimum Gasteiger partial charge on any atom is -0.458 e. The quantitative estimate of drug-likeness (QED) is 0.0768. The topological polar surface area (TPSA) is 100 Å². The van der Waals surface area contributed by atoms with Gasteiger partial charge in [-0.25, -0.2) is 9.59 Å². The van der Waals surface area contributed by atoms with Gasteiger partial charge in [0.15, 0.2) is 12.2 Å². The van der Waals surface area contributed by atoms with Crippen LogP contribution in [0.2, 0.25) is 0 Å². The molecule has 8 nitrogen and oxygen atoms in total. The molecule has 4 aromatic carbocycles. The largest absolute Gasteiger partial charge is 0.458 e. The fraction of sp³-hybridized carbons (Fsp3) is 0.477. The van der Waals surface area contributed by atoms with Crippen LogP contribution in [0.4, 0.5) is 0 Å². The molecule has 52 heavy (non-hydrogen) atoms. The molecule has 0 unspecified atom stereocenters. The van der Waals surface area contributed by atoms with E-state index in [0.29, 0.717) is 13.0 Å². The van der Waals surface area contributed by atoms with E-state index < -0.39 is 47.9 Å². The van der Waals surface area contributed by atoms with Crippen molar-refractivity contribution >= 4 is 39.4 Å². The summed E-state index contributed by atoms with van der Waals surface area (Å²) in [7, 11) is 0. The fourth-order valence-corrected chi connectivity index (χ4v) is 6.02. The van der Waals surface area contributed by atoms with Gasteiger partial charge in [0.2, 0.25) is 0 Å². The number of hydrogen-bond acceptors (Lipinski definition) is 7. The number of benzene rings is 4. The molecule has 2 atom stereocenters. The lowest BCUT2D eigenvalue weighted by atomic mass is 10.0. The van der Waals surface area contributed by atoms with E-state index in [-0.39, 0.29) is 6.61 Å². The molecule has 0 saturated heterocycles. The predicted octanol–water partition coefficient (Wildman–Crippen LogP) is 8.69. The highest BCUT2D eigenvalue weighted by molar-refractivity contribution is 5.89. The summed E-state index contributed by atoms with van der Waals surface area (Å²) in [4.78, 5) is 39.7. The van der Waals surface area contributed by atoms with Crippen molar-refractivity contribution in [2.24, 2.45) is 0 Å². The van der Waals surface area contributed by atoms with E-state index in [2.05, 4.69) is 72.0 Å². The van der Waals surface area contributed by atoms with E-state index in [1.807, 2.05) is 18.2 Å². The molecule has 0 heterocycles. The maximum absolute atomic E-state index is 13.7. The number of carbonyl (C=O) groups is 3. The lowest BCUT2D eigenvalue weighted by Crippen LogP contribution is -2.51. The second-order valence-electron chi connectivity index (χ2n) is 15.4. The second-order valence-corrected chi connectivity index (χ2v) is 15.4. The van der Waals surface area contributed by atoms with Gasteiger partial charge in [0.05, 0.1) is 0 Å². The maximum atomic E-state index is 13.7. The highest BCUT2D eigenvalue weighted by Gasteiger charge is 2.39. The number of aryl methyl sites for hydroxylation is 2. The fourth-order valence-electron chi connectivity index (χ4n) is 6.02. The van der Waals surface area contributed by atoms with E-state index in [1.165, 1.54) is 32.7 Å². The molecule has 0 bridgehead atoms. The van der Waals surface area contributed by atoms with Crippen molar-refractivity contribution in [3.63, 3.8) is 0 Å². The highest BCUT2D eigenvalue weighted by Crippen LogP contribution is 2.20. The lowest BCUT2D eigenvalue weighted by molar-refractivity contribution is -0.187. The third-order valence-corrected chi connectivity index (χ3v) is 8.45. The molecule has 0 spiro atoms. The average molecular weight is 712 g/mol. The normalized spacial score (nSPS) is 13.1. The summed E-state index contributed by atoms with van der Waals surface area (Å²) < 4.78 is 23.0. The number of unbranched alkanes of at least 4 members (excludes halogenated alkanes) is 4. The summed E-state index contributed by atoms with van der Waals surface area (Å²) in [6.45, 7) is 10.6. The smallest absolute Gasteiger partial charge is 0.339 e. The molecule has 0 aromatic heterocycles. The molecule has 4 aromatic rings. The van der Waals surface area contributed by atoms with Crippen molar-refractivity contribution in [1.29, 1.82) is 0 Å². The van der Waals surface area contributed by atoms with Crippen LogP contribution in [0.1, 0.15) is 91.2 Å². The van der Waals surface area contributed by atoms with Crippen molar-refractivity contribution in [2.75, 3.05) is 19.8 Å². The van der Waals surface area contributed by atoms with Crippen LogP contribution in [-0.2, 0) is 46.2 Å². The summed E-state index contributed by atoms with van der Waals surface area (Å²) in [5, 5.41) is 7.86. The van der Waals surface area contributed by atoms with Crippen LogP contribution in [0.3, 0.4) is 0 Å². The van der Waals surface area contributed by atoms with Crippen molar-refractivity contribution in [2.45, 2.75) is 116 Å². The van der Waals surface area contributed by atoms with Crippen LogP contribution < -0.4 is 5.32 Å². The van der Waals surface area contributed by atoms with Crippen molar-refractivity contribution < 1.29 is 33.3 Å². The Labute approximate surface area is 309 Å². The molecule has 0 radical (unpaired) electrons. The first-order chi connectivity index (χ1) is 24.8. The number of fused-ring (bicyclic) bond motifs is 2. The number of hydrogen-bond donors (Lipinski definition) is 1. The Morgan fingerprint density at radius 3 is 1.63 bits per heavy atom. The highest BCUT2D eigenvalue weighted by atomic mass is 16.6. The van der Waals surface area contributed by atoms with Gasteiger partial charge in [-0.3, -0.25) is 4.79 Å². The minimum atomic E-state index is -1.46. The van der Waals surface area contributed by atoms with Crippen molar-refractivity contribution in [3.05, 3.63) is 96.1 Å².